The molecular weight excluding hydrogens is 481 g/mol. The van der Waals surface area contributed by atoms with E-state index in [0.717, 1.165) is 11.0 Å². The Kier molecular flexibility index (Phi) is 7.04. The first-order chi connectivity index (χ1) is 16.3. The summed E-state index contributed by atoms with van der Waals surface area (Å²) in [6, 6.07) is 15.2. The molecule has 10 heteroatoms. The van der Waals surface area contributed by atoms with Crippen LogP contribution in [0, 0.1) is 5.82 Å². The lowest BCUT2D eigenvalue weighted by Crippen LogP contribution is -2.32. The Morgan fingerprint density at radius 1 is 1.12 bits per heavy atom. The average Bonchev–Trinajstić information content (AvgIpc) is 2.80. The van der Waals surface area contributed by atoms with Gasteiger partial charge in [-0.1, -0.05) is 17.7 Å². The van der Waals surface area contributed by atoms with Crippen LogP contribution >= 0.6 is 23.4 Å². The average molecular weight is 500 g/mol. The monoisotopic (exact) mass is 499 g/mol. The van der Waals surface area contributed by atoms with E-state index >= 15 is 0 Å². The molecule has 3 N–H and O–H groups in total. The van der Waals surface area contributed by atoms with Gasteiger partial charge in [0.1, 0.15) is 11.6 Å². The summed E-state index contributed by atoms with van der Waals surface area (Å²) >= 11 is 7.26. The SMILES string of the molecule is COc1ccc(NC(=O)CC2Sc3ccc(Cl)cc3NC2=O)cc1NC(=O)c1cccc(F)c1. The van der Waals surface area contributed by atoms with Gasteiger partial charge in [-0.25, -0.2) is 4.39 Å². The molecule has 34 heavy (non-hydrogen) atoms. The zero-order valence-electron chi connectivity index (χ0n) is 17.9. The van der Waals surface area contributed by atoms with Crippen molar-refractivity contribution in [3.8, 4) is 5.75 Å². The number of hydrogen-bond donors (Lipinski definition) is 3. The molecule has 0 aromatic heterocycles. The summed E-state index contributed by atoms with van der Waals surface area (Å²) in [6.45, 7) is 0. The summed E-state index contributed by atoms with van der Waals surface area (Å²) in [5, 5.41) is 8.07. The molecule has 0 spiro atoms. The van der Waals surface area contributed by atoms with Crippen LogP contribution in [-0.4, -0.2) is 30.1 Å². The van der Waals surface area contributed by atoms with Crippen molar-refractivity contribution >= 4 is 58.1 Å². The molecule has 4 rings (SSSR count). The fraction of sp³-hybridized carbons (Fsp3) is 0.125. The van der Waals surface area contributed by atoms with Crippen molar-refractivity contribution in [2.24, 2.45) is 0 Å². The zero-order chi connectivity index (χ0) is 24.2. The van der Waals surface area contributed by atoms with E-state index in [0.29, 0.717) is 27.8 Å². The van der Waals surface area contributed by atoms with E-state index in [1.165, 1.54) is 43.1 Å². The summed E-state index contributed by atoms with van der Waals surface area (Å²) in [6.07, 6.45) is -0.0599. The number of nitrogens with one attached hydrogen (secondary N) is 3. The van der Waals surface area contributed by atoms with E-state index in [2.05, 4.69) is 16.0 Å². The van der Waals surface area contributed by atoms with Crippen molar-refractivity contribution in [3.05, 3.63) is 77.1 Å². The van der Waals surface area contributed by atoms with E-state index in [-0.39, 0.29) is 23.8 Å². The molecule has 0 radical (unpaired) electrons. The van der Waals surface area contributed by atoms with Crippen molar-refractivity contribution in [2.75, 3.05) is 23.1 Å². The molecule has 0 saturated heterocycles. The Balaban J connectivity index is 1.44. The van der Waals surface area contributed by atoms with E-state index in [1.807, 2.05) is 0 Å². The second-order valence-electron chi connectivity index (χ2n) is 7.37. The second-order valence-corrected chi connectivity index (χ2v) is 9.05. The molecule has 7 nitrogen and oxygen atoms in total. The van der Waals surface area contributed by atoms with Gasteiger partial charge in [0.05, 0.1) is 23.7 Å². The van der Waals surface area contributed by atoms with Crippen molar-refractivity contribution in [2.45, 2.75) is 16.6 Å². The van der Waals surface area contributed by atoms with Crippen LogP contribution in [0.3, 0.4) is 0 Å². The summed E-state index contributed by atoms with van der Waals surface area (Å²) in [5.74, 6) is -1.36. The van der Waals surface area contributed by atoms with Crippen LogP contribution in [0.25, 0.3) is 0 Å². The molecule has 0 aliphatic carbocycles. The van der Waals surface area contributed by atoms with Gasteiger partial charge in [0, 0.05) is 27.6 Å². The Hall–Kier alpha value is -3.56. The van der Waals surface area contributed by atoms with E-state index in [9.17, 15) is 18.8 Å². The van der Waals surface area contributed by atoms with Crippen molar-refractivity contribution in [1.29, 1.82) is 0 Å². The molecule has 1 aliphatic rings. The lowest BCUT2D eigenvalue weighted by Gasteiger charge is -2.24. The number of anilines is 3. The highest BCUT2D eigenvalue weighted by Gasteiger charge is 2.29. The van der Waals surface area contributed by atoms with Gasteiger partial charge in [-0.15, -0.1) is 11.8 Å². The van der Waals surface area contributed by atoms with Crippen LogP contribution in [0.2, 0.25) is 5.02 Å². The Morgan fingerprint density at radius 3 is 2.71 bits per heavy atom. The fourth-order valence-electron chi connectivity index (χ4n) is 3.35. The number of thioether (sulfide) groups is 1. The Labute approximate surface area is 204 Å². The lowest BCUT2D eigenvalue weighted by atomic mass is 10.2. The highest BCUT2D eigenvalue weighted by molar-refractivity contribution is 8.01. The van der Waals surface area contributed by atoms with Crippen LogP contribution in [0.4, 0.5) is 21.5 Å². The van der Waals surface area contributed by atoms with Crippen LogP contribution in [0.15, 0.2) is 65.6 Å². The van der Waals surface area contributed by atoms with Gasteiger partial charge in [-0.05, 0) is 54.6 Å². The molecule has 3 amide bonds. The molecular formula is C24H19ClFN3O4S. The Bertz CT molecular complexity index is 1290. The van der Waals surface area contributed by atoms with E-state index in [1.54, 1.807) is 30.3 Å². The largest absolute Gasteiger partial charge is 0.495 e. The second kappa shape index (κ2) is 10.1. The number of fused-ring (bicyclic) bond motifs is 1. The minimum atomic E-state index is -0.612. The summed E-state index contributed by atoms with van der Waals surface area (Å²) in [5.41, 5.74) is 1.45. The number of carbonyl (C=O) groups excluding carboxylic acids is 3. The third-order valence-electron chi connectivity index (χ3n) is 4.95. The molecule has 0 saturated carbocycles. The fourth-order valence-corrected chi connectivity index (χ4v) is 4.61. The van der Waals surface area contributed by atoms with Crippen LogP contribution in [0.5, 0.6) is 5.75 Å². The maximum Gasteiger partial charge on any atom is 0.255 e. The quantitative estimate of drug-likeness (QED) is 0.434. The molecule has 3 aromatic rings. The summed E-state index contributed by atoms with van der Waals surface area (Å²) in [4.78, 5) is 38.4. The van der Waals surface area contributed by atoms with Crippen LogP contribution < -0.4 is 20.7 Å². The molecule has 1 atom stereocenters. The first kappa shape index (κ1) is 23.6. The number of methoxy groups -OCH3 is 1. The predicted octanol–water partition coefficient (Wildman–Crippen LogP) is 5.18. The van der Waals surface area contributed by atoms with Crippen molar-refractivity contribution in [1.82, 2.24) is 0 Å². The third kappa shape index (κ3) is 5.49. The maximum absolute atomic E-state index is 13.5. The lowest BCUT2D eigenvalue weighted by molar-refractivity contribution is -0.120. The van der Waals surface area contributed by atoms with Gasteiger partial charge in [0.25, 0.3) is 5.91 Å². The Morgan fingerprint density at radius 2 is 1.94 bits per heavy atom. The standard InChI is InChI=1S/C24H19ClFN3O4S/c1-33-19-7-6-16(11-17(19)28-23(31)13-3-2-4-15(26)9-13)27-22(30)12-21-24(32)29-18-10-14(25)5-8-20(18)34-21/h2-11,21H,12H2,1H3,(H,27,30)(H,28,31)(H,29,32). The maximum atomic E-state index is 13.5. The summed E-state index contributed by atoms with van der Waals surface area (Å²) < 4.78 is 18.7. The molecule has 0 bridgehead atoms. The molecule has 174 valence electrons. The van der Waals surface area contributed by atoms with E-state index < -0.39 is 17.0 Å². The number of rotatable bonds is 6. The molecule has 0 fully saturated rings. The minimum Gasteiger partial charge on any atom is -0.495 e. The van der Waals surface area contributed by atoms with Crippen molar-refractivity contribution in [3.63, 3.8) is 0 Å². The van der Waals surface area contributed by atoms with Gasteiger partial charge in [0.2, 0.25) is 11.8 Å². The van der Waals surface area contributed by atoms with Gasteiger partial charge in [0.15, 0.2) is 0 Å². The first-order valence-corrected chi connectivity index (χ1v) is 11.4. The number of benzene rings is 3. The molecule has 1 unspecified atom stereocenters. The van der Waals surface area contributed by atoms with Crippen LogP contribution in [0.1, 0.15) is 16.8 Å². The van der Waals surface area contributed by atoms with Gasteiger partial charge in [-0.2, -0.15) is 0 Å². The number of ether oxygens (including phenoxy) is 1. The summed E-state index contributed by atoms with van der Waals surface area (Å²) in [7, 11) is 1.44. The number of hydrogen-bond acceptors (Lipinski definition) is 5. The van der Waals surface area contributed by atoms with Gasteiger partial charge < -0.3 is 20.7 Å². The zero-order valence-corrected chi connectivity index (χ0v) is 19.4. The van der Waals surface area contributed by atoms with Crippen molar-refractivity contribution < 1.29 is 23.5 Å². The van der Waals surface area contributed by atoms with Gasteiger partial charge >= 0.3 is 0 Å². The number of amides is 3. The molecule has 3 aromatic carbocycles. The smallest absolute Gasteiger partial charge is 0.255 e. The number of carbonyl (C=O) groups is 3. The third-order valence-corrected chi connectivity index (χ3v) is 6.46. The highest BCUT2D eigenvalue weighted by atomic mass is 35.5. The van der Waals surface area contributed by atoms with Crippen LogP contribution in [-0.2, 0) is 9.59 Å². The number of halogens is 2. The normalized spacial score (nSPS) is 14.6. The first-order valence-electron chi connectivity index (χ1n) is 10.1. The van der Waals surface area contributed by atoms with E-state index in [4.69, 9.17) is 16.3 Å². The minimum absolute atomic E-state index is 0.0599. The predicted molar refractivity (Wildman–Crippen MR) is 130 cm³/mol. The molecule has 1 aliphatic heterocycles. The topological polar surface area (TPSA) is 96.5 Å². The molecule has 1 heterocycles. The van der Waals surface area contributed by atoms with Gasteiger partial charge in [-0.3, -0.25) is 14.4 Å². The highest BCUT2D eigenvalue weighted by Crippen LogP contribution is 2.38.